The van der Waals surface area contributed by atoms with Crippen LogP contribution < -0.4 is 0 Å². The van der Waals surface area contributed by atoms with Gasteiger partial charge in [-0.15, -0.1) is 0 Å². The maximum Gasteiger partial charge on any atom is 0.151 e. The lowest BCUT2D eigenvalue weighted by atomic mass is 9.73. The van der Waals surface area contributed by atoms with E-state index >= 15 is 0 Å². The third kappa shape index (κ3) is 3.07. The SMILES string of the molecule is CN1CCCC(C2=Nc3[nH]ncc3C(c3cccc(C#N)c3Br)C2C#N)C1. The zero-order valence-electron chi connectivity index (χ0n) is 15.0. The van der Waals surface area contributed by atoms with Crippen LogP contribution >= 0.6 is 15.9 Å². The number of halogens is 1. The molecular weight excluding hydrogens is 404 g/mol. The van der Waals surface area contributed by atoms with Crippen LogP contribution in [0.4, 0.5) is 5.82 Å². The van der Waals surface area contributed by atoms with E-state index in [1.54, 1.807) is 12.3 Å². The van der Waals surface area contributed by atoms with Crippen LogP contribution in [0.2, 0.25) is 0 Å². The molecule has 0 aliphatic carbocycles. The van der Waals surface area contributed by atoms with Crippen molar-refractivity contribution in [1.29, 1.82) is 10.5 Å². The monoisotopic (exact) mass is 422 g/mol. The standard InChI is InChI=1S/C20H19BrN6/c1-27-7-3-5-13(11-27)19-15(9-23)17(16-10-24-26-20(16)25-19)14-6-2-4-12(8-22)18(14)21/h2,4,6,10,13,15,17H,3,5,7,11H2,1H3,(H,24,26). The van der Waals surface area contributed by atoms with Gasteiger partial charge in [0.05, 0.1) is 23.7 Å². The smallest absolute Gasteiger partial charge is 0.151 e. The van der Waals surface area contributed by atoms with E-state index in [1.807, 2.05) is 12.1 Å². The summed E-state index contributed by atoms with van der Waals surface area (Å²) in [6.45, 7) is 1.99. The Morgan fingerprint density at radius 2 is 2.15 bits per heavy atom. The van der Waals surface area contributed by atoms with Crippen LogP contribution in [0.3, 0.4) is 0 Å². The Kier molecular flexibility index (Phi) is 4.82. The number of aliphatic imine (C=N–C) groups is 1. The van der Waals surface area contributed by atoms with E-state index in [1.165, 1.54) is 0 Å². The minimum absolute atomic E-state index is 0.203. The summed E-state index contributed by atoms with van der Waals surface area (Å²) in [4.78, 5) is 7.13. The molecule has 2 aliphatic rings. The second kappa shape index (κ2) is 7.26. The van der Waals surface area contributed by atoms with Crippen molar-refractivity contribution in [2.75, 3.05) is 20.1 Å². The topological polar surface area (TPSA) is 91.9 Å². The van der Waals surface area contributed by atoms with Crippen molar-refractivity contribution in [3.05, 3.63) is 45.6 Å². The molecule has 3 atom stereocenters. The van der Waals surface area contributed by atoms with Gasteiger partial charge >= 0.3 is 0 Å². The molecule has 0 radical (unpaired) electrons. The average molecular weight is 423 g/mol. The first-order valence-corrected chi connectivity index (χ1v) is 9.81. The number of nitrogens with zero attached hydrogens (tertiary/aromatic N) is 5. The number of likely N-dealkylation sites (tertiary alicyclic amines) is 1. The number of hydrogen-bond donors (Lipinski definition) is 1. The first-order valence-electron chi connectivity index (χ1n) is 9.02. The third-order valence-electron chi connectivity index (χ3n) is 5.54. The second-order valence-corrected chi connectivity index (χ2v) is 8.01. The fourth-order valence-corrected chi connectivity index (χ4v) is 4.87. The number of H-pyrrole nitrogens is 1. The molecule has 0 amide bonds. The van der Waals surface area contributed by atoms with Crippen molar-refractivity contribution in [2.24, 2.45) is 16.8 Å². The van der Waals surface area contributed by atoms with Gasteiger partial charge in [0.2, 0.25) is 0 Å². The summed E-state index contributed by atoms with van der Waals surface area (Å²) < 4.78 is 0.743. The second-order valence-electron chi connectivity index (χ2n) is 7.22. The minimum Gasteiger partial charge on any atom is -0.306 e. The summed E-state index contributed by atoms with van der Waals surface area (Å²) in [5.74, 6) is 0.400. The van der Waals surface area contributed by atoms with Gasteiger partial charge in [-0.25, -0.2) is 4.99 Å². The van der Waals surface area contributed by atoms with E-state index in [0.29, 0.717) is 5.56 Å². The van der Waals surface area contributed by atoms with Crippen LogP contribution in [0.1, 0.15) is 35.4 Å². The van der Waals surface area contributed by atoms with Crippen molar-refractivity contribution in [3.63, 3.8) is 0 Å². The molecule has 0 bridgehead atoms. The van der Waals surface area contributed by atoms with E-state index in [4.69, 9.17) is 4.99 Å². The Labute approximate surface area is 166 Å². The van der Waals surface area contributed by atoms with Gasteiger partial charge in [0, 0.05) is 34.1 Å². The van der Waals surface area contributed by atoms with Gasteiger partial charge in [0.15, 0.2) is 5.82 Å². The lowest BCUT2D eigenvalue weighted by Gasteiger charge is -2.36. The van der Waals surface area contributed by atoms with Crippen molar-refractivity contribution < 1.29 is 0 Å². The normalized spacial score (nSPS) is 25.2. The first kappa shape index (κ1) is 17.9. The maximum absolute atomic E-state index is 10.1. The van der Waals surface area contributed by atoms with Gasteiger partial charge in [-0.1, -0.05) is 12.1 Å². The molecule has 27 heavy (non-hydrogen) atoms. The number of nitriles is 2. The number of piperidine rings is 1. The molecule has 1 fully saturated rings. The molecule has 7 heteroatoms. The minimum atomic E-state index is -0.378. The predicted octanol–water partition coefficient (Wildman–Crippen LogP) is 3.74. The number of fused-ring (bicyclic) bond motifs is 1. The number of hydrogen-bond acceptors (Lipinski definition) is 5. The van der Waals surface area contributed by atoms with Gasteiger partial charge in [0.25, 0.3) is 0 Å². The van der Waals surface area contributed by atoms with Crippen LogP contribution in [0.15, 0.2) is 33.9 Å². The van der Waals surface area contributed by atoms with Crippen LogP contribution in [-0.2, 0) is 0 Å². The van der Waals surface area contributed by atoms with E-state index in [9.17, 15) is 10.5 Å². The summed E-state index contributed by atoms with van der Waals surface area (Å²) in [6, 6.07) is 10.4. The number of aromatic amines is 1. The highest BCUT2D eigenvalue weighted by Crippen LogP contribution is 2.45. The molecule has 1 aromatic heterocycles. The highest BCUT2D eigenvalue weighted by atomic mass is 79.9. The van der Waals surface area contributed by atoms with E-state index < -0.39 is 0 Å². The molecule has 1 N–H and O–H groups in total. The Hall–Kier alpha value is -2.48. The van der Waals surface area contributed by atoms with Crippen LogP contribution in [-0.4, -0.2) is 40.9 Å². The van der Waals surface area contributed by atoms with Crippen LogP contribution in [0, 0.1) is 34.5 Å². The fourth-order valence-electron chi connectivity index (χ4n) is 4.27. The number of rotatable bonds is 2. The Morgan fingerprint density at radius 3 is 2.89 bits per heavy atom. The number of benzene rings is 1. The Balaban J connectivity index is 1.85. The summed E-state index contributed by atoms with van der Waals surface area (Å²) >= 11 is 3.59. The van der Waals surface area contributed by atoms with E-state index in [2.05, 4.69) is 50.2 Å². The zero-order valence-corrected chi connectivity index (χ0v) is 16.6. The molecule has 3 unspecified atom stereocenters. The first-order chi connectivity index (χ1) is 13.1. The molecule has 4 rings (SSSR count). The van der Waals surface area contributed by atoms with Gasteiger partial charge < -0.3 is 4.90 Å². The molecule has 3 heterocycles. The molecule has 6 nitrogen and oxygen atoms in total. The summed E-state index contributed by atoms with van der Waals surface area (Å²) in [5, 5.41) is 26.7. The average Bonchev–Trinajstić information content (AvgIpc) is 3.15. The van der Waals surface area contributed by atoms with Crippen LogP contribution in [0.5, 0.6) is 0 Å². The van der Waals surface area contributed by atoms with Gasteiger partial charge in [-0.2, -0.15) is 15.6 Å². The van der Waals surface area contributed by atoms with Gasteiger partial charge in [-0.3, -0.25) is 5.10 Å². The number of aromatic nitrogens is 2. The summed E-state index contributed by atoms with van der Waals surface area (Å²) in [6.07, 6.45) is 3.90. The van der Waals surface area contributed by atoms with Crippen molar-refractivity contribution in [2.45, 2.75) is 18.8 Å². The maximum atomic E-state index is 10.1. The van der Waals surface area contributed by atoms with Crippen LogP contribution in [0.25, 0.3) is 0 Å². The third-order valence-corrected chi connectivity index (χ3v) is 6.43. The Bertz CT molecular complexity index is 979. The van der Waals surface area contributed by atoms with E-state index in [-0.39, 0.29) is 17.8 Å². The quantitative estimate of drug-likeness (QED) is 0.797. The highest BCUT2D eigenvalue weighted by molar-refractivity contribution is 9.10. The summed E-state index contributed by atoms with van der Waals surface area (Å²) in [5.41, 5.74) is 3.33. The highest BCUT2D eigenvalue weighted by Gasteiger charge is 2.40. The largest absolute Gasteiger partial charge is 0.306 e. The molecule has 1 aromatic carbocycles. The number of nitrogens with one attached hydrogen (secondary N) is 1. The van der Waals surface area contributed by atoms with Crippen molar-refractivity contribution in [1.82, 2.24) is 15.1 Å². The molecule has 136 valence electrons. The molecule has 2 aliphatic heterocycles. The molecule has 0 spiro atoms. The van der Waals surface area contributed by atoms with Gasteiger partial charge in [-0.05, 0) is 54.0 Å². The zero-order chi connectivity index (χ0) is 19.0. The lowest BCUT2D eigenvalue weighted by molar-refractivity contribution is 0.243. The predicted molar refractivity (Wildman–Crippen MR) is 106 cm³/mol. The van der Waals surface area contributed by atoms with Gasteiger partial charge in [0.1, 0.15) is 6.07 Å². The summed E-state index contributed by atoms with van der Waals surface area (Å²) in [7, 11) is 2.11. The Morgan fingerprint density at radius 1 is 1.30 bits per heavy atom. The van der Waals surface area contributed by atoms with Crippen molar-refractivity contribution >= 4 is 27.5 Å². The lowest BCUT2D eigenvalue weighted by Crippen LogP contribution is -2.40. The molecule has 2 aromatic rings. The fraction of sp³-hybridized carbons (Fsp3) is 0.400. The van der Waals surface area contributed by atoms with E-state index in [0.717, 1.165) is 53.1 Å². The van der Waals surface area contributed by atoms with Crippen molar-refractivity contribution in [3.8, 4) is 12.1 Å². The molecular formula is C20H19BrN6. The molecule has 1 saturated heterocycles. The molecule has 0 saturated carbocycles.